The van der Waals surface area contributed by atoms with E-state index in [1.165, 1.54) is 0 Å². The summed E-state index contributed by atoms with van der Waals surface area (Å²) >= 11 is 5.33. The van der Waals surface area contributed by atoms with E-state index in [1.807, 2.05) is 0 Å². The first-order chi connectivity index (χ1) is 7.56. The first-order valence-corrected chi connectivity index (χ1v) is 4.42. The van der Waals surface area contributed by atoms with Gasteiger partial charge in [0.1, 0.15) is 0 Å². The average Bonchev–Trinajstić information content (AvgIpc) is 2.15. The van der Waals surface area contributed by atoms with Gasteiger partial charge in [0.25, 0.3) is 5.70 Å². The normalized spacial score (nSPS) is 24.9. The van der Waals surface area contributed by atoms with E-state index in [4.69, 9.17) is 11.6 Å². The summed E-state index contributed by atoms with van der Waals surface area (Å²) < 4.78 is 37.2. The second-order valence-corrected chi connectivity index (χ2v) is 3.90. The molecule has 0 amide bonds. The molecular formula is C7H4ClF3N2O4. The molecule has 0 aromatic rings. The molecule has 94 valence electrons. The van der Waals surface area contributed by atoms with Crippen LogP contribution < -0.4 is 0 Å². The molecule has 1 aliphatic carbocycles. The number of nitro groups is 2. The van der Waals surface area contributed by atoms with E-state index in [9.17, 15) is 33.4 Å². The van der Waals surface area contributed by atoms with E-state index in [0.717, 1.165) is 0 Å². The number of hydrogen-bond acceptors (Lipinski definition) is 4. The number of nitrogens with zero attached hydrogens (tertiary/aromatic N) is 2. The van der Waals surface area contributed by atoms with E-state index in [0.29, 0.717) is 6.08 Å². The Kier molecular flexibility index (Phi) is 3.15. The molecule has 0 heterocycles. The summed E-state index contributed by atoms with van der Waals surface area (Å²) in [6, 6.07) is 0. The lowest BCUT2D eigenvalue weighted by Gasteiger charge is -2.20. The van der Waals surface area contributed by atoms with Crippen molar-refractivity contribution in [1.29, 1.82) is 0 Å². The SMILES string of the molecule is O=[N+]([O-])C1=CC(Cl)([N+](=O)[O-])CC(C(F)(F)F)=C1. The van der Waals surface area contributed by atoms with Crippen molar-refractivity contribution in [1.82, 2.24) is 0 Å². The summed E-state index contributed by atoms with van der Waals surface area (Å²) in [5.41, 5.74) is -2.45. The molecule has 0 aromatic heterocycles. The van der Waals surface area contributed by atoms with Crippen molar-refractivity contribution in [2.75, 3.05) is 0 Å². The fourth-order valence-corrected chi connectivity index (χ4v) is 1.48. The van der Waals surface area contributed by atoms with Crippen LogP contribution in [0.25, 0.3) is 0 Å². The highest BCUT2D eigenvalue weighted by molar-refractivity contribution is 6.24. The van der Waals surface area contributed by atoms with Gasteiger partial charge in [-0.2, -0.15) is 13.2 Å². The first-order valence-electron chi connectivity index (χ1n) is 4.05. The standard InChI is InChI=1S/C7H4ClF3N2O4/c8-6(13(16)17)2-4(7(9,10)11)1-5(3-6)12(14)15/h1,3H,2H2. The fraction of sp³-hybridized carbons (Fsp3) is 0.429. The molecule has 0 saturated heterocycles. The molecule has 0 aromatic carbocycles. The third-order valence-electron chi connectivity index (χ3n) is 2.01. The molecule has 0 N–H and O–H groups in total. The minimum atomic E-state index is -4.90. The lowest BCUT2D eigenvalue weighted by molar-refractivity contribution is -0.530. The minimum absolute atomic E-state index is 0.240. The third kappa shape index (κ3) is 2.73. The Labute approximate surface area is 96.6 Å². The molecule has 17 heavy (non-hydrogen) atoms. The smallest absolute Gasteiger partial charge is 0.262 e. The van der Waals surface area contributed by atoms with Crippen molar-refractivity contribution in [3.63, 3.8) is 0 Å². The molecular weight excluding hydrogens is 269 g/mol. The summed E-state index contributed by atoms with van der Waals surface area (Å²) in [5, 5.41) is 20.9. The molecule has 0 spiro atoms. The zero-order valence-corrected chi connectivity index (χ0v) is 8.66. The van der Waals surface area contributed by atoms with Gasteiger partial charge in [0, 0.05) is 16.6 Å². The lowest BCUT2D eigenvalue weighted by atomic mass is 9.98. The van der Waals surface area contributed by atoms with Crippen LogP contribution in [0, 0.1) is 20.2 Å². The molecule has 0 fully saturated rings. The van der Waals surface area contributed by atoms with E-state index in [2.05, 4.69) is 0 Å². The Bertz CT molecular complexity index is 445. The van der Waals surface area contributed by atoms with Crippen LogP contribution in [0.1, 0.15) is 6.42 Å². The van der Waals surface area contributed by atoms with Crippen molar-refractivity contribution in [3.8, 4) is 0 Å². The Hall–Kier alpha value is -1.64. The van der Waals surface area contributed by atoms with E-state index >= 15 is 0 Å². The molecule has 10 heteroatoms. The van der Waals surface area contributed by atoms with Crippen LogP contribution in [0.3, 0.4) is 0 Å². The van der Waals surface area contributed by atoms with Crippen LogP contribution in [0.4, 0.5) is 13.2 Å². The minimum Gasteiger partial charge on any atom is -0.262 e. The Morgan fingerprint density at radius 3 is 2.24 bits per heavy atom. The highest BCUT2D eigenvalue weighted by Gasteiger charge is 2.50. The summed E-state index contributed by atoms with van der Waals surface area (Å²) in [6.45, 7) is 0. The Balaban J connectivity index is 3.28. The first kappa shape index (κ1) is 13.4. The topological polar surface area (TPSA) is 86.3 Å². The quantitative estimate of drug-likeness (QED) is 0.334. The van der Waals surface area contributed by atoms with Gasteiger partial charge in [0.15, 0.2) is 0 Å². The molecule has 1 aliphatic rings. The van der Waals surface area contributed by atoms with Gasteiger partial charge >= 0.3 is 11.2 Å². The van der Waals surface area contributed by atoms with Gasteiger partial charge in [0.05, 0.1) is 17.4 Å². The molecule has 0 aliphatic heterocycles. The van der Waals surface area contributed by atoms with Gasteiger partial charge in [-0.05, 0) is 11.6 Å². The number of halogens is 4. The van der Waals surface area contributed by atoms with Crippen LogP contribution >= 0.6 is 11.6 Å². The van der Waals surface area contributed by atoms with Crippen molar-refractivity contribution < 1.29 is 23.0 Å². The van der Waals surface area contributed by atoms with Gasteiger partial charge in [0.2, 0.25) is 0 Å². The van der Waals surface area contributed by atoms with Gasteiger partial charge in [-0.1, -0.05) is 0 Å². The van der Waals surface area contributed by atoms with Crippen molar-refractivity contribution >= 4 is 11.6 Å². The monoisotopic (exact) mass is 272 g/mol. The van der Waals surface area contributed by atoms with Crippen LogP contribution in [0.5, 0.6) is 0 Å². The van der Waals surface area contributed by atoms with Crippen LogP contribution in [-0.4, -0.2) is 21.0 Å². The average molecular weight is 273 g/mol. The summed E-state index contributed by atoms with van der Waals surface area (Å²) in [6.07, 6.45) is -5.41. The third-order valence-corrected chi connectivity index (χ3v) is 2.39. The Morgan fingerprint density at radius 1 is 1.35 bits per heavy atom. The maximum Gasteiger partial charge on any atom is 0.413 e. The number of alkyl halides is 4. The van der Waals surface area contributed by atoms with E-state index in [1.54, 1.807) is 0 Å². The molecule has 6 nitrogen and oxygen atoms in total. The second-order valence-electron chi connectivity index (χ2n) is 3.25. The van der Waals surface area contributed by atoms with Crippen LogP contribution in [0.15, 0.2) is 23.4 Å². The van der Waals surface area contributed by atoms with Crippen LogP contribution in [0.2, 0.25) is 0 Å². The van der Waals surface area contributed by atoms with Crippen molar-refractivity contribution in [2.24, 2.45) is 0 Å². The number of allylic oxidation sites excluding steroid dienone is 1. The maximum atomic E-state index is 12.4. The van der Waals surface area contributed by atoms with E-state index < -0.39 is 38.7 Å². The molecule has 1 unspecified atom stereocenters. The zero-order chi connectivity index (χ0) is 13.4. The fourth-order valence-electron chi connectivity index (χ4n) is 1.22. The van der Waals surface area contributed by atoms with Gasteiger partial charge in [-0.3, -0.25) is 20.2 Å². The maximum absolute atomic E-state index is 12.4. The highest BCUT2D eigenvalue weighted by Crippen LogP contribution is 2.40. The molecule has 1 rings (SSSR count). The molecule has 1 atom stereocenters. The largest absolute Gasteiger partial charge is 0.413 e. The summed E-state index contributed by atoms with van der Waals surface area (Å²) in [7, 11) is 0. The Morgan fingerprint density at radius 2 is 1.88 bits per heavy atom. The van der Waals surface area contributed by atoms with Crippen molar-refractivity contribution in [3.05, 3.63) is 43.7 Å². The van der Waals surface area contributed by atoms with Gasteiger partial charge < -0.3 is 0 Å². The molecule has 0 radical (unpaired) electrons. The highest BCUT2D eigenvalue weighted by atomic mass is 35.5. The van der Waals surface area contributed by atoms with E-state index in [-0.39, 0.29) is 6.08 Å². The number of hydrogen-bond donors (Lipinski definition) is 0. The lowest BCUT2D eigenvalue weighted by Crippen LogP contribution is -2.35. The summed E-state index contributed by atoms with van der Waals surface area (Å²) in [5.74, 6) is 0. The second kappa shape index (κ2) is 3.99. The predicted molar refractivity (Wildman–Crippen MR) is 49.4 cm³/mol. The van der Waals surface area contributed by atoms with Gasteiger partial charge in [-0.15, -0.1) is 0 Å². The predicted octanol–water partition coefficient (Wildman–Crippen LogP) is 2.25. The van der Waals surface area contributed by atoms with Gasteiger partial charge in [-0.25, -0.2) is 0 Å². The summed E-state index contributed by atoms with van der Waals surface area (Å²) in [4.78, 5) is 15.9. The van der Waals surface area contributed by atoms with Crippen LogP contribution in [-0.2, 0) is 0 Å². The van der Waals surface area contributed by atoms with Crippen molar-refractivity contribution in [2.45, 2.75) is 17.6 Å². The zero-order valence-electron chi connectivity index (χ0n) is 7.90. The molecule has 0 bridgehead atoms. The number of rotatable bonds is 2. The molecule has 0 saturated carbocycles.